The van der Waals surface area contributed by atoms with Crippen LogP contribution in [0.4, 0.5) is 0 Å². The number of terminal acetylenes is 1. The summed E-state index contributed by atoms with van der Waals surface area (Å²) in [5.41, 5.74) is 2.90. The molecule has 1 nitrogen and oxygen atoms in total. The molecule has 0 radical (unpaired) electrons. The highest BCUT2D eigenvalue weighted by atomic mass is 32.2. The van der Waals surface area contributed by atoms with Crippen molar-refractivity contribution in [2.24, 2.45) is 0 Å². The number of aryl methyl sites for hydroxylation is 1. The molecule has 0 spiro atoms. The molecule has 1 heterocycles. The number of thioether (sulfide) groups is 1. The third kappa shape index (κ3) is 2.56. The van der Waals surface area contributed by atoms with Crippen molar-refractivity contribution in [1.29, 1.82) is 0 Å². The second-order valence-electron chi connectivity index (χ2n) is 3.66. The molecule has 1 aromatic rings. The fraction of sp³-hybridized carbons (Fsp3) is 0.385. The Hall–Kier alpha value is -0.910. The summed E-state index contributed by atoms with van der Waals surface area (Å²) in [6, 6.07) is 9.10. The Balaban J connectivity index is 2.21. The molecule has 1 unspecified atom stereocenters. The molecule has 0 aliphatic carbocycles. The van der Waals surface area contributed by atoms with Gasteiger partial charge in [-0.1, -0.05) is 30.2 Å². The standard InChI is InChI=1S/C13H15NS/c1-2-8-14-13-10-15-9-7-11-5-3-4-6-12(11)13/h1,3-6,13-14H,7-10H2. The molecule has 78 valence electrons. The Bertz CT molecular complexity index is 367. The highest BCUT2D eigenvalue weighted by Gasteiger charge is 2.17. The minimum Gasteiger partial charge on any atom is -0.298 e. The van der Waals surface area contributed by atoms with Crippen LogP contribution in [0.5, 0.6) is 0 Å². The Labute approximate surface area is 95.7 Å². The zero-order chi connectivity index (χ0) is 10.5. The van der Waals surface area contributed by atoms with Crippen LogP contribution < -0.4 is 5.32 Å². The van der Waals surface area contributed by atoms with Gasteiger partial charge in [-0.2, -0.15) is 11.8 Å². The van der Waals surface area contributed by atoms with Gasteiger partial charge in [0, 0.05) is 11.8 Å². The first kappa shape index (κ1) is 10.6. The van der Waals surface area contributed by atoms with E-state index in [9.17, 15) is 0 Å². The first-order valence-corrected chi connectivity index (χ1v) is 6.39. The fourth-order valence-electron chi connectivity index (χ4n) is 1.93. The topological polar surface area (TPSA) is 12.0 Å². The van der Waals surface area contributed by atoms with Gasteiger partial charge in [-0.05, 0) is 23.3 Å². The van der Waals surface area contributed by atoms with Gasteiger partial charge in [0.25, 0.3) is 0 Å². The Kier molecular flexibility index (Phi) is 3.71. The van der Waals surface area contributed by atoms with Crippen LogP contribution >= 0.6 is 11.8 Å². The van der Waals surface area contributed by atoms with E-state index in [1.165, 1.54) is 23.3 Å². The Morgan fingerprint density at radius 1 is 1.47 bits per heavy atom. The molecule has 1 N–H and O–H groups in total. The fourth-order valence-corrected chi connectivity index (χ4v) is 2.99. The largest absolute Gasteiger partial charge is 0.298 e. The number of hydrogen-bond acceptors (Lipinski definition) is 2. The molecule has 1 aliphatic rings. The molecule has 1 atom stereocenters. The summed E-state index contributed by atoms with van der Waals surface area (Å²) in [7, 11) is 0. The van der Waals surface area contributed by atoms with E-state index in [0.29, 0.717) is 12.6 Å². The lowest BCUT2D eigenvalue weighted by Gasteiger charge is -2.17. The van der Waals surface area contributed by atoms with Crippen LogP contribution in [0.1, 0.15) is 17.2 Å². The summed E-state index contributed by atoms with van der Waals surface area (Å²) in [6.45, 7) is 0.652. The maximum Gasteiger partial charge on any atom is 0.0578 e. The van der Waals surface area contributed by atoms with Crippen LogP contribution in [-0.2, 0) is 6.42 Å². The third-order valence-electron chi connectivity index (χ3n) is 2.68. The molecule has 0 aromatic heterocycles. The van der Waals surface area contributed by atoms with Crippen LogP contribution in [0.15, 0.2) is 24.3 Å². The maximum absolute atomic E-state index is 5.29. The molecule has 0 saturated carbocycles. The lowest BCUT2D eigenvalue weighted by molar-refractivity contribution is 0.630. The zero-order valence-electron chi connectivity index (χ0n) is 8.70. The second kappa shape index (κ2) is 5.25. The maximum atomic E-state index is 5.29. The van der Waals surface area contributed by atoms with Gasteiger partial charge in [-0.3, -0.25) is 5.32 Å². The van der Waals surface area contributed by atoms with E-state index in [-0.39, 0.29) is 0 Å². The normalized spacial score (nSPS) is 20.1. The van der Waals surface area contributed by atoms with Gasteiger partial charge < -0.3 is 0 Å². The average molecular weight is 217 g/mol. The molecule has 15 heavy (non-hydrogen) atoms. The predicted octanol–water partition coefficient (Wildman–Crippen LogP) is 2.24. The summed E-state index contributed by atoms with van der Waals surface area (Å²) < 4.78 is 0. The van der Waals surface area contributed by atoms with Gasteiger partial charge in [0.05, 0.1) is 6.54 Å². The number of rotatable bonds is 2. The lowest BCUT2D eigenvalue weighted by Crippen LogP contribution is -2.23. The third-order valence-corrected chi connectivity index (χ3v) is 3.74. The minimum absolute atomic E-state index is 0.421. The monoisotopic (exact) mass is 217 g/mol. The van der Waals surface area contributed by atoms with Crippen molar-refractivity contribution in [3.8, 4) is 12.3 Å². The molecule has 2 heteroatoms. The van der Waals surface area contributed by atoms with Crippen LogP contribution in [0.3, 0.4) is 0 Å². The second-order valence-corrected chi connectivity index (χ2v) is 4.81. The number of fused-ring (bicyclic) bond motifs is 1. The summed E-state index contributed by atoms with van der Waals surface area (Å²) in [6.07, 6.45) is 6.46. The van der Waals surface area contributed by atoms with Gasteiger partial charge in [0.1, 0.15) is 0 Å². The van der Waals surface area contributed by atoms with E-state index in [1.807, 2.05) is 11.8 Å². The van der Waals surface area contributed by atoms with E-state index >= 15 is 0 Å². The summed E-state index contributed by atoms with van der Waals surface area (Å²) in [5, 5.41) is 3.41. The van der Waals surface area contributed by atoms with Crippen molar-refractivity contribution in [1.82, 2.24) is 5.32 Å². The van der Waals surface area contributed by atoms with Gasteiger partial charge in [-0.15, -0.1) is 6.42 Å². The van der Waals surface area contributed by atoms with E-state index in [4.69, 9.17) is 6.42 Å². The number of hydrogen-bond donors (Lipinski definition) is 1. The van der Waals surface area contributed by atoms with Crippen molar-refractivity contribution >= 4 is 11.8 Å². The van der Waals surface area contributed by atoms with Crippen molar-refractivity contribution in [3.63, 3.8) is 0 Å². The zero-order valence-corrected chi connectivity index (χ0v) is 9.52. The predicted molar refractivity (Wildman–Crippen MR) is 67.0 cm³/mol. The van der Waals surface area contributed by atoms with E-state index < -0.39 is 0 Å². The van der Waals surface area contributed by atoms with Crippen molar-refractivity contribution in [3.05, 3.63) is 35.4 Å². The van der Waals surface area contributed by atoms with Crippen molar-refractivity contribution in [2.45, 2.75) is 12.5 Å². The molecule has 0 fully saturated rings. The van der Waals surface area contributed by atoms with E-state index in [1.54, 1.807) is 0 Å². The van der Waals surface area contributed by atoms with Crippen molar-refractivity contribution in [2.75, 3.05) is 18.1 Å². The summed E-state index contributed by atoms with van der Waals surface area (Å²) in [4.78, 5) is 0. The Morgan fingerprint density at radius 2 is 2.33 bits per heavy atom. The highest BCUT2D eigenvalue weighted by Crippen LogP contribution is 2.27. The SMILES string of the molecule is C#CCNC1CSCCc2ccccc21. The lowest BCUT2D eigenvalue weighted by atomic mass is 10.00. The molecular weight excluding hydrogens is 202 g/mol. The minimum atomic E-state index is 0.421. The quantitative estimate of drug-likeness (QED) is 0.763. The smallest absolute Gasteiger partial charge is 0.0578 e. The molecular formula is C13H15NS. The first-order valence-electron chi connectivity index (χ1n) is 5.24. The van der Waals surface area contributed by atoms with E-state index in [2.05, 4.69) is 35.5 Å². The van der Waals surface area contributed by atoms with E-state index in [0.717, 1.165) is 5.75 Å². The van der Waals surface area contributed by atoms with Gasteiger partial charge in [0.15, 0.2) is 0 Å². The summed E-state index contributed by atoms with van der Waals surface area (Å²) >= 11 is 2.00. The van der Waals surface area contributed by atoms with Crippen LogP contribution in [-0.4, -0.2) is 18.1 Å². The summed E-state index contributed by atoms with van der Waals surface area (Å²) in [5.74, 6) is 4.98. The van der Waals surface area contributed by atoms with Crippen LogP contribution in [0, 0.1) is 12.3 Å². The molecule has 1 aliphatic heterocycles. The molecule has 0 bridgehead atoms. The molecule has 1 aromatic carbocycles. The van der Waals surface area contributed by atoms with Crippen molar-refractivity contribution < 1.29 is 0 Å². The number of benzene rings is 1. The first-order chi connectivity index (χ1) is 7.42. The van der Waals surface area contributed by atoms with Gasteiger partial charge >= 0.3 is 0 Å². The molecule has 0 amide bonds. The molecule has 2 rings (SSSR count). The highest BCUT2D eigenvalue weighted by molar-refractivity contribution is 7.99. The molecule has 0 saturated heterocycles. The van der Waals surface area contributed by atoms with Gasteiger partial charge in [-0.25, -0.2) is 0 Å². The van der Waals surface area contributed by atoms with Gasteiger partial charge in [0.2, 0.25) is 0 Å². The van der Waals surface area contributed by atoms with Crippen LogP contribution in [0.25, 0.3) is 0 Å². The Morgan fingerprint density at radius 3 is 3.20 bits per heavy atom. The number of nitrogens with one attached hydrogen (secondary N) is 1. The van der Waals surface area contributed by atoms with Crippen LogP contribution in [0.2, 0.25) is 0 Å². The average Bonchev–Trinajstić information content (AvgIpc) is 2.49.